The van der Waals surface area contributed by atoms with Crippen LogP contribution in [0.5, 0.6) is 0 Å². The van der Waals surface area contributed by atoms with Gasteiger partial charge in [-0.25, -0.2) is 8.42 Å². The Morgan fingerprint density at radius 2 is 1.41 bits per heavy atom. The molecule has 0 fully saturated rings. The quantitative estimate of drug-likeness (QED) is 0.153. The summed E-state index contributed by atoms with van der Waals surface area (Å²) < 4.78 is 29.0. The van der Waals surface area contributed by atoms with Crippen LogP contribution in [-0.4, -0.2) is 44.3 Å². The number of carbonyl (C=O) groups excluding carboxylic acids is 2. The highest BCUT2D eigenvalue weighted by molar-refractivity contribution is 7.92. The van der Waals surface area contributed by atoms with Crippen molar-refractivity contribution in [2.75, 3.05) is 17.4 Å². The maximum Gasteiger partial charge on any atom is 0.264 e. The van der Waals surface area contributed by atoms with Gasteiger partial charge in [-0.2, -0.15) is 0 Å². The summed E-state index contributed by atoms with van der Waals surface area (Å²) in [5.74, 6) is -0.881. The molecule has 4 aromatic carbocycles. The van der Waals surface area contributed by atoms with Gasteiger partial charge in [-0.05, 0) is 60.0 Å². The third kappa shape index (κ3) is 8.85. The molecule has 0 aliphatic carbocycles. The van der Waals surface area contributed by atoms with Gasteiger partial charge in [-0.15, -0.1) is 0 Å². The van der Waals surface area contributed by atoms with Gasteiger partial charge in [0.15, 0.2) is 0 Å². The van der Waals surface area contributed by atoms with Gasteiger partial charge in [0.05, 0.1) is 10.6 Å². The number of sulfonamides is 1. The first-order valence-electron chi connectivity index (χ1n) is 14.4. The van der Waals surface area contributed by atoms with Crippen LogP contribution < -0.4 is 9.62 Å². The van der Waals surface area contributed by atoms with E-state index in [9.17, 15) is 18.0 Å². The van der Waals surface area contributed by atoms with E-state index in [4.69, 9.17) is 23.2 Å². The van der Waals surface area contributed by atoms with Gasteiger partial charge in [0.25, 0.3) is 10.0 Å². The summed E-state index contributed by atoms with van der Waals surface area (Å²) in [4.78, 5) is 29.6. The van der Waals surface area contributed by atoms with E-state index in [0.29, 0.717) is 22.2 Å². The van der Waals surface area contributed by atoms with E-state index in [1.54, 1.807) is 54.6 Å². The molecular weight excluding hydrogens is 617 g/mol. The van der Waals surface area contributed by atoms with Gasteiger partial charge >= 0.3 is 0 Å². The van der Waals surface area contributed by atoms with Gasteiger partial charge in [-0.3, -0.25) is 13.9 Å². The molecule has 0 aliphatic rings. The standard InChI is InChI=1S/C34H35Cl2N3O4S/c1-2-3-20-37-34(41)32(22-26-12-6-4-7-13-26)38(24-27-14-10-15-28(35)21-27)33(40)25-39(30-17-11-16-29(36)23-30)44(42,43)31-18-8-5-9-19-31/h4-19,21,23,32H,2-3,20,22,24-25H2,1H3,(H,37,41)/t32-/m0/s1. The summed E-state index contributed by atoms with van der Waals surface area (Å²) in [6, 6.07) is 29.8. The Morgan fingerprint density at radius 3 is 2.05 bits per heavy atom. The lowest BCUT2D eigenvalue weighted by Crippen LogP contribution is -2.53. The minimum absolute atomic E-state index is 0.0207. The molecule has 0 heterocycles. The van der Waals surface area contributed by atoms with Crippen molar-refractivity contribution >= 4 is 50.7 Å². The van der Waals surface area contributed by atoms with Gasteiger partial charge in [0, 0.05) is 29.6 Å². The average molecular weight is 653 g/mol. The molecule has 230 valence electrons. The number of nitrogens with one attached hydrogen (secondary N) is 1. The van der Waals surface area contributed by atoms with E-state index in [-0.39, 0.29) is 29.5 Å². The first-order valence-corrected chi connectivity index (χ1v) is 16.6. The largest absolute Gasteiger partial charge is 0.354 e. The molecule has 0 saturated carbocycles. The van der Waals surface area contributed by atoms with Crippen LogP contribution in [-0.2, 0) is 32.6 Å². The molecule has 1 atom stereocenters. The van der Waals surface area contributed by atoms with Crippen LogP contribution in [0.2, 0.25) is 10.0 Å². The van der Waals surface area contributed by atoms with Gasteiger partial charge < -0.3 is 10.2 Å². The summed E-state index contributed by atoms with van der Waals surface area (Å²) in [5.41, 5.74) is 1.78. The molecule has 1 N–H and O–H groups in total. The predicted octanol–water partition coefficient (Wildman–Crippen LogP) is 6.75. The molecule has 7 nitrogen and oxygen atoms in total. The van der Waals surface area contributed by atoms with Crippen molar-refractivity contribution in [1.29, 1.82) is 0 Å². The lowest BCUT2D eigenvalue weighted by Gasteiger charge is -2.34. The Morgan fingerprint density at radius 1 is 0.795 bits per heavy atom. The fourth-order valence-corrected chi connectivity index (χ4v) is 6.60. The molecule has 4 aromatic rings. The van der Waals surface area contributed by atoms with Gasteiger partial charge in [0.2, 0.25) is 11.8 Å². The topological polar surface area (TPSA) is 86.8 Å². The first-order chi connectivity index (χ1) is 21.2. The van der Waals surface area contributed by atoms with Crippen molar-refractivity contribution in [3.8, 4) is 0 Å². The molecule has 0 saturated heterocycles. The lowest BCUT2D eigenvalue weighted by atomic mass is 10.0. The normalized spacial score (nSPS) is 11.9. The molecular formula is C34H35Cl2N3O4S. The smallest absolute Gasteiger partial charge is 0.264 e. The zero-order chi connectivity index (χ0) is 31.5. The third-order valence-corrected chi connectivity index (χ3v) is 9.31. The van der Waals surface area contributed by atoms with Crippen LogP contribution in [0.25, 0.3) is 0 Å². The summed E-state index contributed by atoms with van der Waals surface area (Å²) in [7, 11) is -4.20. The zero-order valence-electron chi connectivity index (χ0n) is 24.4. The highest BCUT2D eigenvalue weighted by atomic mass is 35.5. The molecule has 44 heavy (non-hydrogen) atoms. The Kier molecular flexibility index (Phi) is 11.8. The Labute approximate surface area is 269 Å². The fourth-order valence-electron chi connectivity index (χ4n) is 4.77. The molecule has 0 unspecified atom stereocenters. The Bertz CT molecular complexity index is 1650. The van der Waals surface area contributed by atoms with Crippen molar-refractivity contribution in [2.24, 2.45) is 0 Å². The van der Waals surface area contributed by atoms with Crippen LogP contribution in [0.4, 0.5) is 5.69 Å². The van der Waals surface area contributed by atoms with Crippen LogP contribution in [0.1, 0.15) is 30.9 Å². The third-order valence-electron chi connectivity index (χ3n) is 7.05. The SMILES string of the molecule is CCCCNC(=O)[C@H](Cc1ccccc1)N(Cc1cccc(Cl)c1)C(=O)CN(c1cccc(Cl)c1)S(=O)(=O)c1ccccc1. The number of halogens is 2. The van der Waals surface area contributed by atoms with Crippen molar-refractivity contribution in [1.82, 2.24) is 10.2 Å². The van der Waals surface area contributed by atoms with Crippen LogP contribution in [0.15, 0.2) is 114 Å². The first kappa shape index (κ1) is 33.1. The lowest BCUT2D eigenvalue weighted by molar-refractivity contribution is -0.140. The predicted molar refractivity (Wildman–Crippen MR) is 176 cm³/mol. The molecule has 2 amide bonds. The highest BCUT2D eigenvalue weighted by Crippen LogP contribution is 2.27. The zero-order valence-corrected chi connectivity index (χ0v) is 26.7. The number of hydrogen-bond donors (Lipinski definition) is 1. The maximum absolute atomic E-state index is 14.4. The fraction of sp³-hybridized carbons (Fsp3) is 0.235. The average Bonchev–Trinajstić information content (AvgIpc) is 3.02. The van der Waals surface area contributed by atoms with E-state index < -0.39 is 28.5 Å². The molecule has 0 aliphatic heterocycles. The number of unbranched alkanes of at least 4 members (excludes halogenated alkanes) is 1. The highest BCUT2D eigenvalue weighted by Gasteiger charge is 2.34. The second kappa shape index (κ2) is 15.7. The maximum atomic E-state index is 14.4. The van der Waals surface area contributed by atoms with E-state index in [1.165, 1.54) is 23.1 Å². The van der Waals surface area contributed by atoms with Crippen molar-refractivity contribution in [3.05, 3.63) is 130 Å². The van der Waals surface area contributed by atoms with Crippen molar-refractivity contribution < 1.29 is 18.0 Å². The van der Waals surface area contributed by atoms with Crippen LogP contribution >= 0.6 is 23.2 Å². The number of amides is 2. The monoisotopic (exact) mass is 651 g/mol. The minimum atomic E-state index is -4.20. The van der Waals surface area contributed by atoms with E-state index >= 15 is 0 Å². The number of anilines is 1. The van der Waals surface area contributed by atoms with Crippen LogP contribution in [0.3, 0.4) is 0 Å². The molecule has 10 heteroatoms. The van der Waals surface area contributed by atoms with Crippen molar-refractivity contribution in [2.45, 2.75) is 43.7 Å². The Hall–Kier alpha value is -3.85. The van der Waals surface area contributed by atoms with E-state index in [1.807, 2.05) is 43.3 Å². The molecule has 0 spiro atoms. The number of rotatable bonds is 14. The number of hydrogen-bond acceptors (Lipinski definition) is 4. The van der Waals surface area contributed by atoms with Crippen molar-refractivity contribution in [3.63, 3.8) is 0 Å². The number of carbonyl (C=O) groups is 2. The molecule has 0 radical (unpaired) electrons. The summed E-state index contributed by atoms with van der Waals surface area (Å²) in [5, 5.41) is 3.77. The van der Waals surface area contributed by atoms with E-state index in [2.05, 4.69) is 5.32 Å². The Balaban J connectivity index is 1.78. The second-order valence-electron chi connectivity index (χ2n) is 10.3. The van der Waals surface area contributed by atoms with Gasteiger partial charge in [-0.1, -0.05) is 103 Å². The minimum Gasteiger partial charge on any atom is -0.354 e. The molecule has 4 rings (SSSR count). The number of nitrogens with zero attached hydrogens (tertiary/aromatic N) is 2. The van der Waals surface area contributed by atoms with Crippen LogP contribution in [0, 0.1) is 0 Å². The van der Waals surface area contributed by atoms with E-state index in [0.717, 1.165) is 22.7 Å². The second-order valence-corrected chi connectivity index (χ2v) is 13.0. The summed E-state index contributed by atoms with van der Waals surface area (Å²) >= 11 is 12.6. The number of benzene rings is 4. The molecule has 0 bridgehead atoms. The molecule has 0 aromatic heterocycles. The van der Waals surface area contributed by atoms with Gasteiger partial charge in [0.1, 0.15) is 12.6 Å². The summed E-state index contributed by atoms with van der Waals surface area (Å²) in [6.45, 7) is 1.95. The summed E-state index contributed by atoms with van der Waals surface area (Å²) in [6.07, 6.45) is 1.90.